The number of ether oxygens (including phenoxy) is 3. The SMILES string of the molecule is C=CCCC(O)(CCC=C)c1ccc(CN(CCCOC)Cc2ccc(OC)c(OC)c2)o1. The van der Waals surface area contributed by atoms with E-state index in [0.717, 1.165) is 30.8 Å². The highest BCUT2D eigenvalue weighted by Gasteiger charge is 2.31. The molecule has 0 atom stereocenters. The number of furan rings is 1. The maximum atomic E-state index is 11.3. The molecule has 1 aromatic carbocycles. The molecule has 33 heavy (non-hydrogen) atoms. The molecule has 0 aliphatic carbocycles. The summed E-state index contributed by atoms with van der Waals surface area (Å²) >= 11 is 0. The molecule has 182 valence electrons. The van der Waals surface area contributed by atoms with Gasteiger partial charge in [0.25, 0.3) is 0 Å². The van der Waals surface area contributed by atoms with Crippen LogP contribution in [0.3, 0.4) is 0 Å². The molecule has 0 saturated heterocycles. The molecule has 2 aromatic rings. The minimum absolute atomic E-state index is 0.570. The molecule has 1 N–H and O–H groups in total. The van der Waals surface area contributed by atoms with Gasteiger partial charge in [0.2, 0.25) is 0 Å². The van der Waals surface area contributed by atoms with Gasteiger partial charge in [0.15, 0.2) is 11.5 Å². The maximum absolute atomic E-state index is 11.3. The number of nitrogens with zero attached hydrogens (tertiary/aromatic N) is 1. The molecule has 0 radical (unpaired) electrons. The molecule has 0 unspecified atom stereocenters. The third kappa shape index (κ3) is 8.07. The molecule has 0 aliphatic heterocycles. The van der Waals surface area contributed by atoms with Gasteiger partial charge < -0.3 is 23.7 Å². The minimum Gasteiger partial charge on any atom is -0.493 e. The van der Waals surface area contributed by atoms with E-state index >= 15 is 0 Å². The average Bonchev–Trinajstić information content (AvgIpc) is 3.30. The Morgan fingerprint density at radius 1 is 0.970 bits per heavy atom. The highest BCUT2D eigenvalue weighted by molar-refractivity contribution is 5.42. The Balaban J connectivity index is 2.18. The van der Waals surface area contributed by atoms with Crippen molar-refractivity contribution in [3.63, 3.8) is 0 Å². The van der Waals surface area contributed by atoms with Gasteiger partial charge in [-0.15, -0.1) is 13.2 Å². The Hall–Kier alpha value is -2.54. The van der Waals surface area contributed by atoms with E-state index in [1.807, 2.05) is 42.5 Å². The lowest BCUT2D eigenvalue weighted by Gasteiger charge is -2.25. The minimum atomic E-state index is -1.02. The lowest BCUT2D eigenvalue weighted by atomic mass is 9.89. The quantitative estimate of drug-likeness (QED) is 0.252. The molecule has 1 aromatic heterocycles. The molecule has 0 fully saturated rings. The molecule has 0 amide bonds. The lowest BCUT2D eigenvalue weighted by molar-refractivity contribution is -0.00217. The summed E-state index contributed by atoms with van der Waals surface area (Å²) in [5.74, 6) is 2.84. The molecular formula is C27H39NO5. The lowest BCUT2D eigenvalue weighted by Crippen LogP contribution is -2.26. The highest BCUT2D eigenvalue weighted by atomic mass is 16.5. The largest absolute Gasteiger partial charge is 0.493 e. The van der Waals surface area contributed by atoms with Crippen LogP contribution in [0.25, 0.3) is 0 Å². The zero-order valence-electron chi connectivity index (χ0n) is 20.3. The van der Waals surface area contributed by atoms with Crippen LogP contribution in [0.4, 0.5) is 0 Å². The third-order valence-corrected chi connectivity index (χ3v) is 5.70. The van der Waals surface area contributed by atoms with Crippen molar-refractivity contribution in [3.8, 4) is 11.5 Å². The zero-order chi connectivity index (χ0) is 24.1. The second kappa shape index (κ2) is 13.9. The Kier molecular flexibility index (Phi) is 11.2. The van der Waals surface area contributed by atoms with Crippen LogP contribution < -0.4 is 9.47 Å². The molecule has 0 spiro atoms. The summed E-state index contributed by atoms with van der Waals surface area (Å²) in [7, 11) is 4.99. The molecular weight excluding hydrogens is 418 g/mol. The van der Waals surface area contributed by atoms with Gasteiger partial charge in [0, 0.05) is 26.8 Å². The van der Waals surface area contributed by atoms with Crippen LogP contribution in [0.15, 0.2) is 60.1 Å². The number of allylic oxidation sites excluding steroid dienone is 2. The summed E-state index contributed by atoms with van der Waals surface area (Å²) in [4.78, 5) is 2.30. The van der Waals surface area contributed by atoms with Gasteiger partial charge in [-0.3, -0.25) is 4.90 Å². The summed E-state index contributed by atoms with van der Waals surface area (Å²) in [6.07, 6.45) is 7.12. The first-order valence-corrected chi connectivity index (χ1v) is 11.4. The van der Waals surface area contributed by atoms with Crippen molar-refractivity contribution in [3.05, 3.63) is 72.7 Å². The summed E-state index contributed by atoms with van der Waals surface area (Å²) < 4.78 is 22.2. The van der Waals surface area contributed by atoms with Crippen LogP contribution in [0, 0.1) is 0 Å². The van der Waals surface area contributed by atoms with Crippen LogP contribution in [-0.4, -0.2) is 44.5 Å². The Morgan fingerprint density at radius 3 is 2.27 bits per heavy atom. The topological polar surface area (TPSA) is 64.3 Å². The van der Waals surface area contributed by atoms with Crippen LogP contribution in [-0.2, 0) is 23.4 Å². The van der Waals surface area contributed by atoms with Crippen LogP contribution in [0.1, 0.15) is 49.2 Å². The van der Waals surface area contributed by atoms with Crippen molar-refractivity contribution < 1.29 is 23.7 Å². The number of methoxy groups -OCH3 is 3. The van der Waals surface area contributed by atoms with Crippen molar-refractivity contribution in [1.82, 2.24) is 4.90 Å². The third-order valence-electron chi connectivity index (χ3n) is 5.70. The van der Waals surface area contributed by atoms with Gasteiger partial charge in [-0.1, -0.05) is 18.2 Å². The first-order chi connectivity index (χ1) is 16.0. The van der Waals surface area contributed by atoms with E-state index in [2.05, 4.69) is 18.1 Å². The van der Waals surface area contributed by atoms with Crippen molar-refractivity contribution in [2.24, 2.45) is 0 Å². The van der Waals surface area contributed by atoms with E-state index in [4.69, 9.17) is 18.6 Å². The van der Waals surface area contributed by atoms with Crippen molar-refractivity contribution in [1.29, 1.82) is 0 Å². The van der Waals surface area contributed by atoms with Crippen molar-refractivity contribution in [2.75, 3.05) is 34.5 Å². The number of hydrogen-bond donors (Lipinski definition) is 1. The molecule has 0 aliphatic rings. The summed E-state index contributed by atoms with van der Waals surface area (Å²) in [6, 6.07) is 9.82. The van der Waals surface area contributed by atoms with Crippen LogP contribution in [0.2, 0.25) is 0 Å². The van der Waals surface area contributed by atoms with Gasteiger partial charge in [0.1, 0.15) is 17.1 Å². The molecule has 6 heteroatoms. The first kappa shape index (κ1) is 26.7. The molecule has 0 bridgehead atoms. The Morgan fingerprint density at radius 2 is 1.67 bits per heavy atom. The molecule has 0 saturated carbocycles. The summed E-state index contributed by atoms with van der Waals surface area (Å²) in [5.41, 5.74) is 0.0931. The predicted octanol–water partition coefficient (Wildman–Crippen LogP) is 5.46. The fourth-order valence-corrected chi connectivity index (χ4v) is 3.87. The van der Waals surface area contributed by atoms with E-state index in [1.54, 1.807) is 21.3 Å². The standard InChI is InChI=1S/C27H39NO5/c1-6-8-15-27(29,16-9-7-2)26-14-12-23(33-26)21-28(17-10-18-30-3)20-22-11-13-24(31-4)25(19-22)32-5/h6-7,11-14,19,29H,1-2,8-10,15-18,20-21H2,3-5H3. The Bertz CT molecular complexity index is 848. The fourth-order valence-electron chi connectivity index (χ4n) is 3.87. The smallest absolute Gasteiger partial charge is 0.161 e. The Labute approximate surface area is 198 Å². The number of aliphatic hydroxyl groups is 1. The van der Waals surface area contributed by atoms with E-state index in [-0.39, 0.29) is 0 Å². The molecule has 1 heterocycles. The van der Waals surface area contributed by atoms with E-state index in [1.165, 1.54) is 0 Å². The van der Waals surface area contributed by atoms with Crippen molar-refractivity contribution >= 4 is 0 Å². The van der Waals surface area contributed by atoms with Gasteiger partial charge in [-0.05, 0) is 61.9 Å². The van der Waals surface area contributed by atoms with E-state index < -0.39 is 5.60 Å². The van der Waals surface area contributed by atoms with E-state index in [9.17, 15) is 5.11 Å². The van der Waals surface area contributed by atoms with Gasteiger partial charge in [-0.2, -0.15) is 0 Å². The summed E-state index contributed by atoms with van der Waals surface area (Å²) in [5, 5.41) is 11.3. The monoisotopic (exact) mass is 457 g/mol. The second-order valence-corrected chi connectivity index (χ2v) is 8.20. The predicted molar refractivity (Wildman–Crippen MR) is 132 cm³/mol. The maximum Gasteiger partial charge on any atom is 0.161 e. The zero-order valence-corrected chi connectivity index (χ0v) is 20.3. The number of rotatable bonds is 17. The van der Waals surface area contributed by atoms with Crippen LogP contribution in [0.5, 0.6) is 11.5 Å². The number of hydrogen-bond acceptors (Lipinski definition) is 6. The van der Waals surface area contributed by atoms with Gasteiger partial charge in [0.05, 0.1) is 20.8 Å². The highest BCUT2D eigenvalue weighted by Crippen LogP contribution is 2.34. The molecule has 6 nitrogen and oxygen atoms in total. The van der Waals surface area contributed by atoms with E-state index in [0.29, 0.717) is 56.1 Å². The molecule has 2 rings (SSSR count). The summed E-state index contributed by atoms with van der Waals surface area (Å²) in [6.45, 7) is 10.4. The fraction of sp³-hybridized carbons (Fsp3) is 0.481. The second-order valence-electron chi connectivity index (χ2n) is 8.20. The van der Waals surface area contributed by atoms with Gasteiger partial charge >= 0.3 is 0 Å². The average molecular weight is 458 g/mol. The first-order valence-electron chi connectivity index (χ1n) is 11.4. The van der Waals surface area contributed by atoms with Crippen LogP contribution >= 0.6 is 0 Å². The van der Waals surface area contributed by atoms with Crippen molar-refractivity contribution in [2.45, 2.75) is 50.8 Å². The number of benzene rings is 1. The normalized spacial score (nSPS) is 11.5. The van der Waals surface area contributed by atoms with Gasteiger partial charge in [-0.25, -0.2) is 0 Å².